The Labute approximate surface area is 134 Å². The van der Waals surface area contributed by atoms with E-state index in [0.29, 0.717) is 18.2 Å². The fourth-order valence-corrected chi connectivity index (χ4v) is 4.38. The standard InChI is InChI=1S/C15H22N4O2S/c1-11-6-16-19(7-11)13-4-3-5-17(8-13)15(21)14-9-22-10-18(14)12(2)20/h6-7,13-14H,3-5,8-10H2,1-2H3/t13-,14+/m1/s1. The monoisotopic (exact) mass is 322 g/mol. The quantitative estimate of drug-likeness (QED) is 0.823. The van der Waals surface area contributed by atoms with Crippen molar-refractivity contribution in [1.29, 1.82) is 0 Å². The summed E-state index contributed by atoms with van der Waals surface area (Å²) in [6.45, 7) is 5.03. The van der Waals surface area contributed by atoms with Gasteiger partial charge in [0.05, 0.1) is 18.1 Å². The molecule has 1 aromatic heterocycles. The van der Waals surface area contributed by atoms with E-state index < -0.39 is 0 Å². The van der Waals surface area contributed by atoms with Gasteiger partial charge < -0.3 is 9.80 Å². The Morgan fingerprint density at radius 3 is 2.91 bits per heavy atom. The minimum absolute atomic E-state index is 0.0142. The first-order chi connectivity index (χ1) is 10.6. The van der Waals surface area contributed by atoms with Crippen molar-refractivity contribution in [3.8, 4) is 0 Å². The minimum Gasteiger partial charge on any atom is -0.339 e. The third-order valence-corrected chi connectivity index (χ3v) is 5.40. The third kappa shape index (κ3) is 2.99. The summed E-state index contributed by atoms with van der Waals surface area (Å²) in [7, 11) is 0. The highest BCUT2D eigenvalue weighted by Crippen LogP contribution is 2.26. The molecule has 2 fully saturated rings. The molecule has 0 aromatic carbocycles. The van der Waals surface area contributed by atoms with Crippen LogP contribution >= 0.6 is 11.8 Å². The molecule has 2 aliphatic heterocycles. The van der Waals surface area contributed by atoms with E-state index in [1.165, 1.54) is 6.92 Å². The lowest BCUT2D eigenvalue weighted by Gasteiger charge is -2.35. The summed E-state index contributed by atoms with van der Waals surface area (Å²) in [5.41, 5.74) is 1.14. The molecular formula is C15H22N4O2S. The van der Waals surface area contributed by atoms with Crippen LogP contribution < -0.4 is 0 Å². The molecule has 0 bridgehead atoms. The number of thioether (sulfide) groups is 1. The highest BCUT2D eigenvalue weighted by Gasteiger charge is 2.37. The molecule has 0 spiro atoms. The Morgan fingerprint density at radius 1 is 1.41 bits per heavy atom. The Balaban J connectivity index is 1.69. The Bertz CT molecular complexity index is 574. The maximum absolute atomic E-state index is 12.8. The summed E-state index contributed by atoms with van der Waals surface area (Å²) in [4.78, 5) is 28.0. The Kier molecular flexibility index (Phi) is 4.42. The van der Waals surface area contributed by atoms with Crippen LogP contribution in [0.2, 0.25) is 0 Å². The maximum atomic E-state index is 12.8. The van der Waals surface area contributed by atoms with Crippen LogP contribution in [0, 0.1) is 6.92 Å². The fourth-order valence-electron chi connectivity index (χ4n) is 3.17. The van der Waals surface area contributed by atoms with Crippen LogP contribution in [0.3, 0.4) is 0 Å². The summed E-state index contributed by atoms with van der Waals surface area (Å²) in [5, 5.41) is 4.38. The summed E-state index contributed by atoms with van der Waals surface area (Å²) in [6.07, 6.45) is 5.91. The second-order valence-electron chi connectivity index (χ2n) is 6.08. The molecule has 0 unspecified atom stereocenters. The van der Waals surface area contributed by atoms with E-state index in [1.54, 1.807) is 16.7 Å². The predicted octanol–water partition coefficient (Wildman–Crippen LogP) is 1.28. The second kappa shape index (κ2) is 6.32. The largest absolute Gasteiger partial charge is 0.339 e. The van der Waals surface area contributed by atoms with Gasteiger partial charge in [0, 0.05) is 32.0 Å². The van der Waals surface area contributed by atoms with Crippen LogP contribution in [0.4, 0.5) is 0 Å². The molecule has 0 saturated carbocycles. The van der Waals surface area contributed by atoms with Crippen LogP contribution in [0.5, 0.6) is 0 Å². The molecule has 3 heterocycles. The van der Waals surface area contributed by atoms with Gasteiger partial charge in [-0.1, -0.05) is 0 Å². The van der Waals surface area contributed by atoms with Gasteiger partial charge in [-0.3, -0.25) is 14.3 Å². The number of aromatic nitrogens is 2. The highest BCUT2D eigenvalue weighted by atomic mass is 32.2. The zero-order valence-electron chi connectivity index (χ0n) is 13.1. The van der Waals surface area contributed by atoms with E-state index in [4.69, 9.17) is 0 Å². The van der Waals surface area contributed by atoms with Gasteiger partial charge in [-0.2, -0.15) is 5.10 Å². The number of piperidine rings is 1. The summed E-state index contributed by atoms with van der Waals surface area (Å²) in [5.74, 6) is 1.41. The first-order valence-electron chi connectivity index (χ1n) is 7.71. The van der Waals surface area contributed by atoms with Gasteiger partial charge in [0.2, 0.25) is 11.8 Å². The van der Waals surface area contributed by atoms with Crippen molar-refractivity contribution < 1.29 is 9.59 Å². The molecule has 0 N–H and O–H groups in total. The molecule has 6 nitrogen and oxygen atoms in total. The molecule has 3 rings (SSSR count). The van der Waals surface area contributed by atoms with Crippen LogP contribution in [0.15, 0.2) is 12.4 Å². The zero-order valence-corrected chi connectivity index (χ0v) is 13.9. The molecule has 1 aromatic rings. The number of rotatable bonds is 2. The highest BCUT2D eigenvalue weighted by molar-refractivity contribution is 7.99. The van der Waals surface area contributed by atoms with Crippen molar-refractivity contribution in [2.75, 3.05) is 24.7 Å². The third-order valence-electron chi connectivity index (χ3n) is 4.38. The summed E-state index contributed by atoms with van der Waals surface area (Å²) >= 11 is 1.65. The molecule has 0 radical (unpaired) electrons. The molecule has 2 amide bonds. The van der Waals surface area contributed by atoms with Gasteiger partial charge in [0.25, 0.3) is 0 Å². The molecule has 7 heteroatoms. The number of aryl methyl sites for hydroxylation is 1. The van der Waals surface area contributed by atoms with E-state index >= 15 is 0 Å². The van der Waals surface area contributed by atoms with Gasteiger partial charge >= 0.3 is 0 Å². The minimum atomic E-state index is -0.291. The lowest BCUT2D eigenvalue weighted by Crippen LogP contribution is -2.51. The van der Waals surface area contributed by atoms with Crippen LogP contribution in [0.1, 0.15) is 31.4 Å². The van der Waals surface area contributed by atoms with Crippen molar-refractivity contribution in [2.24, 2.45) is 0 Å². The zero-order chi connectivity index (χ0) is 15.7. The molecule has 2 atom stereocenters. The SMILES string of the molecule is CC(=O)N1CSC[C@H]1C(=O)N1CCC[C@@H](n2cc(C)cn2)C1. The first kappa shape index (κ1) is 15.4. The number of hydrogen-bond donors (Lipinski definition) is 0. The topological polar surface area (TPSA) is 58.4 Å². The fraction of sp³-hybridized carbons (Fsp3) is 0.667. The molecular weight excluding hydrogens is 300 g/mol. The van der Waals surface area contributed by atoms with Crippen molar-refractivity contribution in [3.05, 3.63) is 18.0 Å². The van der Waals surface area contributed by atoms with E-state index in [1.807, 2.05) is 28.9 Å². The first-order valence-corrected chi connectivity index (χ1v) is 8.86. The lowest BCUT2D eigenvalue weighted by atomic mass is 10.0. The molecule has 120 valence electrons. The molecule has 2 aliphatic rings. The summed E-state index contributed by atoms with van der Waals surface area (Å²) < 4.78 is 1.97. The van der Waals surface area contributed by atoms with Crippen molar-refractivity contribution in [3.63, 3.8) is 0 Å². The average Bonchev–Trinajstić information content (AvgIpc) is 3.15. The van der Waals surface area contributed by atoms with Gasteiger partial charge in [-0.05, 0) is 25.3 Å². The van der Waals surface area contributed by atoms with Crippen LogP contribution in [0.25, 0.3) is 0 Å². The smallest absolute Gasteiger partial charge is 0.246 e. The Hall–Kier alpha value is -1.50. The van der Waals surface area contributed by atoms with Gasteiger partial charge in [-0.25, -0.2) is 0 Å². The van der Waals surface area contributed by atoms with E-state index in [9.17, 15) is 9.59 Å². The van der Waals surface area contributed by atoms with Crippen molar-refractivity contribution in [2.45, 2.75) is 38.8 Å². The number of nitrogens with zero attached hydrogens (tertiary/aromatic N) is 4. The van der Waals surface area contributed by atoms with E-state index in [-0.39, 0.29) is 23.9 Å². The molecule has 22 heavy (non-hydrogen) atoms. The predicted molar refractivity (Wildman–Crippen MR) is 85.4 cm³/mol. The molecule has 0 aliphatic carbocycles. The number of amides is 2. The normalized spacial score (nSPS) is 25.5. The van der Waals surface area contributed by atoms with Gasteiger partial charge in [-0.15, -0.1) is 11.8 Å². The lowest BCUT2D eigenvalue weighted by molar-refractivity contribution is -0.143. The van der Waals surface area contributed by atoms with Crippen molar-refractivity contribution >= 4 is 23.6 Å². The van der Waals surface area contributed by atoms with E-state index in [2.05, 4.69) is 5.10 Å². The van der Waals surface area contributed by atoms with E-state index in [0.717, 1.165) is 24.9 Å². The second-order valence-corrected chi connectivity index (χ2v) is 7.08. The number of carbonyl (C=O) groups excluding carboxylic acids is 2. The van der Waals surface area contributed by atoms with Crippen molar-refractivity contribution in [1.82, 2.24) is 19.6 Å². The number of hydrogen-bond acceptors (Lipinski definition) is 4. The maximum Gasteiger partial charge on any atom is 0.246 e. The Morgan fingerprint density at radius 2 is 2.23 bits per heavy atom. The van der Waals surface area contributed by atoms with Crippen LogP contribution in [-0.4, -0.2) is 62.2 Å². The van der Waals surface area contributed by atoms with Crippen LogP contribution in [-0.2, 0) is 9.59 Å². The number of likely N-dealkylation sites (tertiary alicyclic amines) is 1. The summed E-state index contributed by atoms with van der Waals surface area (Å²) in [6, 6.07) is -0.0492. The molecule has 2 saturated heterocycles. The van der Waals surface area contributed by atoms with Gasteiger partial charge in [0.15, 0.2) is 0 Å². The average molecular weight is 322 g/mol. The number of carbonyl (C=O) groups is 2. The van der Waals surface area contributed by atoms with Gasteiger partial charge in [0.1, 0.15) is 6.04 Å².